The van der Waals surface area contributed by atoms with Crippen molar-refractivity contribution in [2.24, 2.45) is 11.8 Å². The first-order valence-electron chi connectivity index (χ1n) is 9.21. The average Bonchev–Trinajstić information content (AvgIpc) is 3.22. The van der Waals surface area contributed by atoms with Crippen LogP contribution in [-0.4, -0.2) is 51.3 Å². The third-order valence-corrected chi connectivity index (χ3v) is 5.39. The summed E-state index contributed by atoms with van der Waals surface area (Å²) in [6.07, 6.45) is 7.52. The molecule has 0 aliphatic heterocycles. The highest BCUT2D eigenvalue weighted by atomic mass is 32.1. The molecule has 0 saturated heterocycles. The van der Waals surface area contributed by atoms with Gasteiger partial charge in [-0.25, -0.2) is 0 Å². The minimum atomic E-state index is -0.801. The highest BCUT2D eigenvalue weighted by Crippen LogP contribution is 2.36. The van der Waals surface area contributed by atoms with Crippen molar-refractivity contribution in [1.29, 1.82) is 0 Å². The maximum atomic E-state index is 10.5. The predicted molar refractivity (Wildman–Crippen MR) is 104 cm³/mol. The van der Waals surface area contributed by atoms with Crippen LogP contribution >= 0.6 is 11.3 Å². The van der Waals surface area contributed by atoms with Gasteiger partial charge >= 0.3 is 5.97 Å². The van der Waals surface area contributed by atoms with E-state index >= 15 is 0 Å². The summed E-state index contributed by atoms with van der Waals surface area (Å²) in [6.45, 7) is 0.132. The molecule has 0 bridgehead atoms. The van der Waals surface area contributed by atoms with Crippen molar-refractivity contribution in [3.8, 4) is 5.75 Å². The van der Waals surface area contributed by atoms with Gasteiger partial charge in [0.05, 0.1) is 12.2 Å². The normalized spacial score (nSPS) is 26.8. The average molecular weight is 397 g/mol. The zero-order valence-electron chi connectivity index (χ0n) is 15.2. The number of carboxylic acids is 1. The van der Waals surface area contributed by atoms with E-state index in [-0.39, 0.29) is 24.9 Å². The Balaban J connectivity index is 1.81. The summed E-state index contributed by atoms with van der Waals surface area (Å²) in [4.78, 5) is 10.5. The SMILES string of the molecule is O=C(O)CCCC=CC[C@@H]1C(C=C[C@@H](O)COc2ccsc2)[C@H](O)C[C@@H]1O. The molecule has 1 aromatic heterocycles. The lowest BCUT2D eigenvalue weighted by molar-refractivity contribution is -0.137. The summed E-state index contributed by atoms with van der Waals surface area (Å²) >= 11 is 1.52. The number of aliphatic hydroxyl groups excluding tert-OH is 3. The number of allylic oxidation sites excluding steroid dienone is 2. The van der Waals surface area contributed by atoms with Crippen molar-refractivity contribution in [2.45, 2.75) is 50.4 Å². The lowest BCUT2D eigenvalue weighted by Crippen LogP contribution is -2.21. The molecule has 6 nitrogen and oxygen atoms in total. The van der Waals surface area contributed by atoms with Crippen LogP contribution in [0.15, 0.2) is 41.1 Å². The van der Waals surface area contributed by atoms with E-state index in [9.17, 15) is 20.1 Å². The quantitative estimate of drug-likeness (QED) is 0.338. The Labute approximate surface area is 163 Å². The van der Waals surface area contributed by atoms with E-state index in [1.54, 1.807) is 12.2 Å². The maximum absolute atomic E-state index is 10.5. The van der Waals surface area contributed by atoms with Crippen LogP contribution in [0.3, 0.4) is 0 Å². The second-order valence-electron chi connectivity index (χ2n) is 6.83. The van der Waals surface area contributed by atoms with Gasteiger partial charge in [-0.05, 0) is 36.6 Å². The number of carboxylic acid groups (broad SMARTS) is 1. The molecule has 0 radical (unpaired) electrons. The molecule has 7 heteroatoms. The third kappa shape index (κ3) is 7.46. The molecule has 150 valence electrons. The first-order valence-corrected chi connectivity index (χ1v) is 10.2. The van der Waals surface area contributed by atoms with Gasteiger partial charge in [-0.1, -0.05) is 24.3 Å². The first kappa shape index (κ1) is 21.6. The molecule has 1 aromatic rings. The summed E-state index contributed by atoms with van der Waals surface area (Å²) in [5.41, 5.74) is 0. The zero-order valence-corrected chi connectivity index (χ0v) is 16.0. The molecule has 1 saturated carbocycles. The molecule has 2 rings (SSSR count). The van der Waals surface area contributed by atoms with Gasteiger partial charge in [-0.2, -0.15) is 0 Å². The van der Waals surface area contributed by atoms with Crippen LogP contribution in [0.2, 0.25) is 0 Å². The van der Waals surface area contributed by atoms with E-state index in [1.165, 1.54) is 11.3 Å². The number of thiophene rings is 1. The molecule has 1 fully saturated rings. The van der Waals surface area contributed by atoms with Crippen LogP contribution in [0, 0.1) is 11.8 Å². The van der Waals surface area contributed by atoms with Gasteiger partial charge in [0.25, 0.3) is 0 Å². The van der Waals surface area contributed by atoms with Gasteiger partial charge in [0.2, 0.25) is 0 Å². The van der Waals surface area contributed by atoms with Crippen LogP contribution in [0.1, 0.15) is 32.1 Å². The van der Waals surface area contributed by atoms with Crippen molar-refractivity contribution in [3.05, 3.63) is 41.1 Å². The molecule has 0 aromatic carbocycles. The van der Waals surface area contributed by atoms with Gasteiger partial charge in [0.1, 0.15) is 18.5 Å². The zero-order chi connectivity index (χ0) is 19.6. The number of unbranched alkanes of at least 4 members (excludes halogenated alkanes) is 1. The Kier molecular flexibility index (Phi) is 9.00. The predicted octanol–water partition coefficient (Wildman–Crippen LogP) is 2.60. The first-order chi connectivity index (χ1) is 13.0. The van der Waals surface area contributed by atoms with Crippen molar-refractivity contribution < 1.29 is 30.0 Å². The van der Waals surface area contributed by atoms with E-state index in [1.807, 2.05) is 29.0 Å². The lowest BCUT2D eigenvalue weighted by atomic mass is 9.89. The second-order valence-corrected chi connectivity index (χ2v) is 7.61. The maximum Gasteiger partial charge on any atom is 0.303 e. The molecule has 0 amide bonds. The van der Waals surface area contributed by atoms with Crippen molar-refractivity contribution in [3.63, 3.8) is 0 Å². The second kappa shape index (κ2) is 11.2. The topological polar surface area (TPSA) is 107 Å². The van der Waals surface area contributed by atoms with E-state index < -0.39 is 24.3 Å². The third-order valence-electron chi connectivity index (χ3n) is 4.72. The lowest BCUT2D eigenvalue weighted by Gasteiger charge is -2.19. The fraction of sp³-hybridized carbons (Fsp3) is 0.550. The van der Waals surface area contributed by atoms with Crippen molar-refractivity contribution >= 4 is 17.3 Å². The number of hydrogen-bond acceptors (Lipinski definition) is 6. The van der Waals surface area contributed by atoms with E-state index in [0.29, 0.717) is 25.7 Å². The number of rotatable bonds is 11. The number of aliphatic carboxylic acids is 1. The Hall–Kier alpha value is -1.67. The van der Waals surface area contributed by atoms with Gasteiger partial charge < -0.3 is 25.2 Å². The van der Waals surface area contributed by atoms with Gasteiger partial charge in [-0.15, -0.1) is 11.3 Å². The van der Waals surface area contributed by atoms with E-state index in [4.69, 9.17) is 9.84 Å². The molecule has 27 heavy (non-hydrogen) atoms. The highest BCUT2D eigenvalue weighted by Gasteiger charge is 2.39. The summed E-state index contributed by atoms with van der Waals surface area (Å²) in [5, 5.41) is 42.8. The highest BCUT2D eigenvalue weighted by molar-refractivity contribution is 7.08. The standard InChI is InChI=1S/C20H28O6S/c21-14(12-26-15-9-10-27-13-15)7-8-17-16(18(22)11-19(17)23)5-3-1-2-4-6-20(24)25/h1,3,7-10,13-14,16-19,21-23H,2,4-6,11-12H2,(H,24,25)/t14-,16-,17?,18+,19-/m1/s1. The summed E-state index contributed by atoms with van der Waals surface area (Å²) in [5.74, 6) is -0.449. The molecule has 1 aliphatic rings. The van der Waals surface area contributed by atoms with Crippen LogP contribution in [0.25, 0.3) is 0 Å². The van der Waals surface area contributed by atoms with Crippen LogP contribution in [0.5, 0.6) is 5.75 Å². The van der Waals surface area contributed by atoms with Crippen LogP contribution < -0.4 is 4.74 Å². The van der Waals surface area contributed by atoms with Gasteiger partial charge in [-0.3, -0.25) is 4.79 Å². The Morgan fingerprint density at radius 3 is 2.85 bits per heavy atom. The van der Waals surface area contributed by atoms with E-state index in [2.05, 4.69) is 0 Å². The summed E-state index contributed by atoms with van der Waals surface area (Å²) in [7, 11) is 0. The molecule has 1 aliphatic carbocycles. The Morgan fingerprint density at radius 1 is 1.33 bits per heavy atom. The molecule has 1 heterocycles. The summed E-state index contributed by atoms with van der Waals surface area (Å²) < 4.78 is 5.46. The monoisotopic (exact) mass is 396 g/mol. The number of ether oxygens (including phenoxy) is 1. The Bertz CT molecular complexity index is 612. The van der Waals surface area contributed by atoms with Gasteiger partial charge in [0.15, 0.2) is 0 Å². The minimum absolute atomic E-state index is 0.128. The molecule has 4 N–H and O–H groups in total. The number of hydrogen-bond donors (Lipinski definition) is 4. The molecular weight excluding hydrogens is 368 g/mol. The largest absolute Gasteiger partial charge is 0.490 e. The van der Waals surface area contributed by atoms with Crippen LogP contribution in [-0.2, 0) is 4.79 Å². The molecule has 1 unspecified atom stereocenters. The molecule has 5 atom stereocenters. The van der Waals surface area contributed by atoms with Crippen molar-refractivity contribution in [2.75, 3.05) is 6.61 Å². The fourth-order valence-corrected chi connectivity index (χ4v) is 3.85. The fourth-order valence-electron chi connectivity index (χ4n) is 3.28. The Morgan fingerprint density at radius 2 is 2.15 bits per heavy atom. The number of carbonyl (C=O) groups is 1. The molecular formula is C20H28O6S. The molecule has 0 spiro atoms. The van der Waals surface area contributed by atoms with E-state index in [0.717, 1.165) is 5.75 Å². The van der Waals surface area contributed by atoms with Crippen LogP contribution in [0.4, 0.5) is 0 Å². The summed E-state index contributed by atoms with van der Waals surface area (Å²) in [6, 6.07) is 1.83. The van der Waals surface area contributed by atoms with Gasteiger partial charge in [0, 0.05) is 24.1 Å². The minimum Gasteiger partial charge on any atom is -0.490 e. The van der Waals surface area contributed by atoms with Crippen molar-refractivity contribution in [1.82, 2.24) is 0 Å². The number of aliphatic hydroxyl groups is 3. The smallest absolute Gasteiger partial charge is 0.303 e.